The Balaban J connectivity index is 1.51. The van der Waals surface area contributed by atoms with Crippen LogP contribution in [0.5, 0.6) is 0 Å². The van der Waals surface area contributed by atoms with Gasteiger partial charge in [0.05, 0.1) is 33.0 Å². The molecule has 0 saturated carbocycles. The van der Waals surface area contributed by atoms with Gasteiger partial charge in [0.15, 0.2) is 0 Å². The summed E-state index contributed by atoms with van der Waals surface area (Å²) in [4.78, 5) is 9.45. The van der Waals surface area contributed by atoms with E-state index in [1.54, 1.807) is 0 Å². The third-order valence-corrected chi connectivity index (χ3v) is 8.97. The van der Waals surface area contributed by atoms with Crippen molar-refractivity contribution in [1.29, 1.82) is 0 Å². The highest BCUT2D eigenvalue weighted by Gasteiger charge is 2.23. The van der Waals surface area contributed by atoms with Crippen molar-refractivity contribution in [3.05, 3.63) is 140 Å². The Morgan fingerprint density at radius 3 is 1.93 bits per heavy atom. The summed E-state index contributed by atoms with van der Waals surface area (Å²) in [6, 6.07) is 41.3. The van der Waals surface area contributed by atoms with Crippen LogP contribution >= 0.6 is 0 Å². The lowest BCUT2D eigenvalue weighted by molar-refractivity contribution is 1.17. The standard InChI is InChI=1S/C38H23N5/c1-3-9-24(10-4-1)42-31-14-8-7-13-27(31)34-32(42)17-18-33-35(34)28-16-15-26-29-23-39-20-19-30(29)41-22-21-40-38(41)36(26)37(28)43(33)25-11-5-2-6-12-25/h1-23H. The number of rotatable bonds is 2. The van der Waals surface area contributed by atoms with Crippen LogP contribution in [-0.2, 0) is 0 Å². The van der Waals surface area contributed by atoms with Crippen molar-refractivity contribution >= 4 is 70.9 Å². The van der Waals surface area contributed by atoms with E-state index in [2.05, 4.69) is 140 Å². The molecule has 0 spiro atoms. The van der Waals surface area contributed by atoms with E-state index >= 15 is 0 Å². The predicted molar refractivity (Wildman–Crippen MR) is 177 cm³/mol. The first kappa shape index (κ1) is 22.7. The van der Waals surface area contributed by atoms with Crippen LogP contribution in [0.15, 0.2) is 140 Å². The number of hydrogen-bond donors (Lipinski definition) is 0. The lowest BCUT2D eigenvalue weighted by Crippen LogP contribution is -1.97. The Kier molecular flexibility index (Phi) is 4.39. The van der Waals surface area contributed by atoms with Crippen molar-refractivity contribution < 1.29 is 0 Å². The Hall–Kier alpha value is -5.94. The van der Waals surface area contributed by atoms with Crippen LogP contribution in [0.4, 0.5) is 0 Å². The van der Waals surface area contributed by atoms with Gasteiger partial charge in [-0.05, 0) is 53.9 Å². The van der Waals surface area contributed by atoms with Crippen LogP contribution in [-0.4, -0.2) is 23.5 Å². The molecule has 0 aliphatic rings. The number of para-hydroxylation sites is 3. The second-order valence-corrected chi connectivity index (χ2v) is 11.1. The van der Waals surface area contributed by atoms with Crippen molar-refractivity contribution in [2.45, 2.75) is 0 Å². The van der Waals surface area contributed by atoms with E-state index < -0.39 is 0 Å². The predicted octanol–water partition coefficient (Wildman–Crippen LogP) is 9.23. The van der Waals surface area contributed by atoms with Gasteiger partial charge in [-0.3, -0.25) is 9.38 Å². The molecular weight excluding hydrogens is 526 g/mol. The monoisotopic (exact) mass is 549 g/mol. The molecule has 0 unspecified atom stereocenters. The van der Waals surface area contributed by atoms with Crippen molar-refractivity contribution in [2.24, 2.45) is 0 Å². The van der Waals surface area contributed by atoms with E-state index in [9.17, 15) is 0 Å². The largest absolute Gasteiger partial charge is 0.309 e. The zero-order valence-corrected chi connectivity index (χ0v) is 23.0. The minimum Gasteiger partial charge on any atom is -0.309 e. The van der Waals surface area contributed by atoms with E-state index in [0.29, 0.717) is 0 Å². The highest BCUT2D eigenvalue weighted by molar-refractivity contribution is 6.33. The Bertz CT molecular complexity index is 2710. The molecule has 43 heavy (non-hydrogen) atoms. The number of pyridine rings is 2. The summed E-state index contributed by atoms with van der Waals surface area (Å²) >= 11 is 0. The molecule has 0 aliphatic carbocycles. The fraction of sp³-hybridized carbons (Fsp3) is 0. The van der Waals surface area contributed by atoms with Crippen LogP contribution < -0.4 is 0 Å². The van der Waals surface area contributed by atoms with Gasteiger partial charge in [0.2, 0.25) is 0 Å². The van der Waals surface area contributed by atoms with Gasteiger partial charge < -0.3 is 9.13 Å². The Labute approximate surface area is 245 Å². The number of fused-ring (bicyclic) bond motifs is 14. The van der Waals surface area contributed by atoms with E-state index in [0.717, 1.165) is 44.2 Å². The third-order valence-electron chi connectivity index (χ3n) is 8.97. The molecule has 5 aromatic heterocycles. The third kappa shape index (κ3) is 2.90. The van der Waals surface area contributed by atoms with Gasteiger partial charge in [0, 0.05) is 63.1 Å². The number of hydrogen-bond acceptors (Lipinski definition) is 2. The van der Waals surface area contributed by atoms with Crippen LogP contribution in [0.3, 0.4) is 0 Å². The van der Waals surface area contributed by atoms with Gasteiger partial charge >= 0.3 is 0 Å². The molecule has 10 rings (SSSR count). The molecule has 5 heteroatoms. The SMILES string of the molecule is c1ccc(-n2c3ccccc3c3c4c5ccc6c7cnccc7n7ccnc7c6c5n(-c5ccccc5)c4ccc32)cc1. The summed E-state index contributed by atoms with van der Waals surface area (Å²) in [7, 11) is 0. The summed E-state index contributed by atoms with van der Waals surface area (Å²) in [5.41, 5.74) is 9.05. The fourth-order valence-electron chi connectivity index (χ4n) is 7.29. The highest BCUT2D eigenvalue weighted by atomic mass is 15.0. The normalized spacial score (nSPS) is 12.2. The maximum Gasteiger partial charge on any atom is 0.147 e. The average molecular weight is 550 g/mol. The number of aromatic nitrogens is 5. The molecule has 5 nitrogen and oxygen atoms in total. The first-order valence-corrected chi connectivity index (χ1v) is 14.5. The Morgan fingerprint density at radius 1 is 0.442 bits per heavy atom. The summed E-state index contributed by atoms with van der Waals surface area (Å²) in [5.74, 6) is 0. The van der Waals surface area contributed by atoms with Crippen LogP contribution in [0.1, 0.15) is 0 Å². The van der Waals surface area contributed by atoms with E-state index in [-0.39, 0.29) is 0 Å². The molecular formula is C38H23N5. The van der Waals surface area contributed by atoms with Crippen LogP contribution in [0.25, 0.3) is 82.3 Å². The number of benzene rings is 5. The first-order chi connectivity index (χ1) is 21.4. The maximum atomic E-state index is 4.93. The van der Waals surface area contributed by atoms with Gasteiger partial charge in [0.1, 0.15) is 5.65 Å². The highest BCUT2D eigenvalue weighted by Crippen LogP contribution is 2.45. The van der Waals surface area contributed by atoms with Crippen molar-refractivity contribution in [3.63, 3.8) is 0 Å². The second kappa shape index (κ2) is 8.30. The second-order valence-electron chi connectivity index (χ2n) is 11.1. The van der Waals surface area contributed by atoms with Crippen molar-refractivity contribution in [1.82, 2.24) is 23.5 Å². The lowest BCUT2D eigenvalue weighted by atomic mass is 10.0. The van der Waals surface area contributed by atoms with E-state index in [4.69, 9.17) is 4.98 Å². The van der Waals surface area contributed by atoms with Crippen LogP contribution in [0, 0.1) is 0 Å². The molecule has 0 aliphatic heterocycles. The molecule has 10 aromatic rings. The average Bonchev–Trinajstić information content (AvgIpc) is 3.78. The zero-order chi connectivity index (χ0) is 28.1. The zero-order valence-electron chi connectivity index (χ0n) is 23.0. The summed E-state index contributed by atoms with van der Waals surface area (Å²) in [6.07, 6.45) is 7.78. The summed E-state index contributed by atoms with van der Waals surface area (Å²) in [6.45, 7) is 0. The molecule has 0 fully saturated rings. The number of nitrogens with zero attached hydrogens (tertiary/aromatic N) is 5. The molecule has 0 amide bonds. The van der Waals surface area contributed by atoms with E-state index in [1.165, 1.54) is 38.1 Å². The Morgan fingerprint density at radius 2 is 1.12 bits per heavy atom. The summed E-state index contributed by atoms with van der Waals surface area (Å²) < 4.78 is 7.02. The molecule has 0 atom stereocenters. The molecule has 200 valence electrons. The first-order valence-electron chi connectivity index (χ1n) is 14.5. The topological polar surface area (TPSA) is 40.1 Å². The van der Waals surface area contributed by atoms with Gasteiger partial charge in [-0.2, -0.15) is 0 Å². The van der Waals surface area contributed by atoms with Crippen LogP contribution in [0.2, 0.25) is 0 Å². The van der Waals surface area contributed by atoms with Gasteiger partial charge in [-0.25, -0.2) is 4.98 Å². The lowest BCUT2D eigenvalue weighted by Gasteiger charge is -2.12. The molecule has 5 aromatic carbocycles. The smallest absolute Gasteiger partial charge is 0.147 e. The van der Waals surface area contributed by atoms with Crippen molar-refractivity contribution in [3.8, 4) is 11.4 Å². The van der Waals surface area contributed by atoms with Gasteiger partial charge in [0.25, 0.3) is 0 Å². The quantitative estimate of drug-likeness (QED) is 0.202. The minimum absolute atomic E-state index is 0.947. The molecule has 0 N–H and O–H groups in total. The van der Waals surface area contributed by atoms with Gasteiger partial charge in [-0.1, -0.05) is 66.7 Å². The number of imidazole rings is 1. The maximum absolute atomic E-state index is 4.93. The van der Waals surface area contributed by atoms with Crippen molar-refractivity contribution in [2.75, 3.05) is 0 Å². The molecule has 0 bridgehead atoms. The molecule has 0 saturated heterocycles. The molecule has 5 heterocycles. The van der Waals surface area contributed by atoms with E-state index in [1.807, 2.05) is 18.6 Å². The van der Waals surface area contributed by atoms with Gasteiger partial charge in [-0.15, -0.1) is 0 Å². The summed E-state index contributed by atoms with van der Waals surface area (Å²) in [5, 5.41) is 8.35. The molecule has 0 radical (unpaired) electrons. The fourth-order valence-corrected chi connectivity index (χ4v) is 7.29. The minimum atomic E-state index is 0.947.